The molecule has 1 unspecified atom stereocenters. The predicted octanol–water partition coefficient (Wildman–Crippen LogP) is 3.67. The number of nitrogens with zero attached hydrogens (tertiary/aromatic N) is 3. The molecule has 1 atom stereocenters. The molecule has 2 aromatic heterocycles. The van der Waals surface area contributed by atoms with Gasteiger partial charge in [0.15, 0.2) is 5.65 Å². The van der Waals surface area contributed by atoms with E-state index >= 15 is 0 Å². The summed E-state index contributed by atoms with van der Waals surface area (Å²) in [6, 6.07) is 1.10. The first-order valence-corrected chi connectivity index (χ1v) is 6.78. The molecule has 3 heterocycles. The SMILES string of the molecule is CC(C)C1CCn2c(nc3cc(C(F)(F)F)cnc32)C1. The molecule has 0 amide bonds. The van der Waals surface area contributed by atoms with E-state index in [1.807, 2.05) is 4.57 Å². The number of imidazole rings is 1. The van der Waals surface area contributed by atoms with E-state index in [9.17, 15) is 13.2 Å². The number of hydrogen-bond acceptors (Lipinski definition) is 2. The van der Waals surface area contributed by atoms with Gasteiger partial charge in [0, 0.05) is 19.2 Å². The lowest BCUT2D eigenvalue weighted by Crippen LogP contribution is -2.23. The van der Waals surface area contributed by atoms with Gasteiger partial charge in [0.2, 0.25) is 0 Å². The summed E-state index contributed by atoms with van der Waals surface area (Å²) in [5.74, 6) is 1.96. The maximum Gasteiger partial charge on any atom is 0.417 e. The molecule has 3 nitrogen and oxygen atoms in total. The molecule has 1 aliphatic heterocycles. The van der Waals surface area contributed by atoms with Gasteiger partial charge in [-0.2, -0.15) is 13.2 Å². The minimum atomic E-state index is -4.37. The second-order valence-electron chi connectivity index (χ2n) is 5.74. The molecule has 0 fully saturated rings. The summed E-state index contributed by atoms with van der Waals surface area (Å²) in [6.45, 7) is 5.12. The Bertz CT molecular complexity index is 643. The van der Waals surface area contributed by atoms with E-state index in [0.29, 0.717) is 23.0 Å². The van der Waals surface area contributed by atoms with Crippen molar-refractivity contribution in [2.45, 2.75) is 39.4 Å². The molecular formula is C14H16F3N3. The largest absolute Gasteiger partial charge is 0.417 e. The van der Waals surface area contributed by atoms with Crippen molar-refractivity contribution in [2.24, 2.45) is 11.8 Å². The highest BCUT2D eigenvalue weighted by Gasteiger charge is 2.32. The summed E-state index contributed by atoms with van der Waals surface area (Å²) in [5, 5.41) is 0. The van der Waals surface area contributed by atoms with E-state index in [1.54, 1.807) is 0 Å². The van der Waals surface area contributed by atoms with Gasteiger partial charge in [-0.1, -0.05) is 13.8 Å². The molecule has 6 heteroatoms. The van der Waals surface area contributed by atoms with E-state index in [0.717, 1.165) is 37.5 Å². The number of aryl methyl sites for hydroxylation is 1. The molecule has 0 aromatic carbocycles. The van der Waals surface area contributed by atoms with Gasteiger partial charge in [0.25, 0.3) is 0 Å². The van der Waals surface area contributed by atoms with Gasteiger partial charge in [-0.3, -0.25) is 0 Å². The number of alkyl halides is 3. The van der Waals surface area contributed by atoms with Crippen LogP contribution in [0.2, 0.25) is 0 Å². The van der Waals surface area contributed by atoms with Gasteiger partial charge in [-0.25, -0.2) is 9.97 Å². The van der Waals surface area contributed by atoms with Crippen molar-refractivity contribution in [3.63, 3.8) is 0 Å². The van der Waals surface area contributed by atoms with Crippen LogP contribution in [0, 0.1) is 11.8 Å². The minimum Gasteiger partial charge on any atom is -0.313 e. The monoisotopic (exact) mass is 283 g/mol. The summed E-state index contributed by atoms with van der Waals surface area (Å²) >= 11 is 0. The third-order valence-electron chi connectivity index (χ3n) is 4.10. The molecule has 0 saturated heterocycles. The van der Waals surface area contributed by atoms with E-state index in [-0.39, 0.29) is 0 Å². The second kappa shape index (κ2) is 4.46. The van der Waals surface area contributed by atoms with Crippen molar-refractivity contribution in [3.8, 4) is 0 Å². The van der Waals surface area contributed by atoms with Crippen LogP contribution in [0.15, 0.2) is 12.3 Å². The average Bonchev–Trinajstić information content (AvgIpc) is 2.73. The Labute approximate surface area is 114 Å². The van der Waals surface area contributed by atoms with Gasteiger partial charge in [0.1, 0.15) is 11.3 Å². The quantitative estimate of drug-likeness (QED) is 0.799. The van der Waals surface area contributed by atoms with Crippen molar-refractivity contribution >= 4 is 11.2 Å². The lowest BCUT2D eigenvalue weighted by atomic mass is 9.87. The number of fused-ring (bicyclic) bond motifs is 3. The van der Waals surface area contributed by atoms with Crippen LogP contribution in [0.25, 0.3) is 11.2 Å². The molecule has 20 heavy (non-hydrogen) atoms. The van der Waals surface area contributed by atoms with E-state index in [2.05, 4.69) is 23.8 Å². The normalized spacial score (nSPS) is 19.6. The molecule has 108 valence electrons. The zero-order valence-electron chi connectivity index (χ0n) is 11.4. The molecular weight excluding hydrogens is 267 g/mol. The van der Waals surface area contributed by atoms with Gasteiger partial charge >= 0.3 is 6.18 Å². The smallest absolute Gasteiger partial charge is 0.313 e. The summed E-state index contributed by atoms with van der Waals surface area (Å²) < 4.78 is 40.0. The zero-order valence-corrected chi connectivity index (χ0v) is 11.4. The fourth-order valence-electron chi connectivity index (χ4n) is 2.80. The van der Waals surface area contributed by atoms with Crippen molar-refractivity contribution in [3.05, 3.63) is 23.7 Å². The van der Waals surface area contributed by atoms with Gasteiger partial charge in [0.05, 0.1) is 5.56 Å². The Morgan fingerprint density at radius 3 is 2.75 bits per heavy atom. The molecule has 0 spiro atoms. The van der Waals surface area contributed by atoms with Crippen molar-refractivity contribution < 1.29 is 13.2 Å². The topological polar surface area (TPSA) is 30.7 Å². The Morgan fingerprint density at radius 2 is 2.10 bits per heavy atom. The second-order valence-corrected chi connectivity index (χ2v) is 5.74. The molecule has 0 saturated carbocycles. The summed E-state index contributed by atoms with van der Waals surface area (Å²) in [4.78, 5) is 8.33. The maximum atomic E-state index is 12.7. The fraction of sp³-hybridized carbons (Fsp3) is 0.571. The zero-order chi connectivity index (χ0) is 14.5. The van der Waals surface area contributed by atoms with Crippen LogP contribution in [-0.4, -0.2) is 14.5 Å². The molecule has 0 bridgehead atoms. The van der Waals surface area contributed by atoms with Gasteiger partial charge < -0.3 is 4.57 Å². The predicted molar refractivity (Wildman–Crippen MR) is 69.2 cm³/mol. The number of pyridine rings is 1. The van der Waals surface area contributed by atoms with Crippen LogP contribution in [0.1, 0.15) is 31.7 Å². The van der Waals surface area contributed by atoms with E-state index < -0.39 is 11.7 Å². The van der Waals surface area contributed by atoms with Crippen LogP contribution < -0.4 is 0 Å². The fourth-order valence-corrected chi connectivity index (χ4v) is 2.80. The Morgan fingerprint density at radius 1 is 1.35 bits per heavy atom. The molecule has 2 aromatic rings. The maximum absolute atomic E-state index is 12.7. The van der Waals surface area contributed by atoms with Gasteiger partial charge in [-0.05, 0) is 24.3 Å². The number of hydrogen-bond donors (Lipinski definition) is 0. The summed E-state index contributed by atoms with van der Waals surface area (Å²) in [7, 11) is 0. The summed E-state index contributed by atoms with van der Waals surface area (Å²) in [6.07, 6.45) is -1.63. The molecule has 0 N–H and O–H groups in total. The average molecular weight is 283 g/mol. The van der Waals surface area contributed by atoms with Crippen molar-refractivity contribution in [2.75, 3.05) is 0 Å². The lowest BCUT2D eigenvalue weighted by molar-refractivity contribution is -0.137. The highest BCUT2D eigenvalue weighted by Crippen LogP contribution is 2.32. The highest BCUT2D eigenvalue weighted by molar-refractivity contribution is 5.72. The third kappa shape index (κ3) is 2.17. The number of halogens is 3. The third-order valence-corrected chi connectivity index (χ3v) is 4.10. The molecule has 0 aliphatic carbocycles. The standard InChI is InChI=1S/C14H16F3N3/c1-8(2)9-3-4-20-12(5-9)19-11-6-10(14(15,16)17)7-18-13(11)20/h6-9H,3-5H2,1-2H3. The van der Waals surface area contributed by atoms with Crippen molar-refractivity contribution in [1.29, 1.82) is 0 Å². The molecule has 1 aliphatic rings. The van der Waals surface area contributed by atoms with Crippen LogP contribution in [0.3, 0.4) is 0 Å². The lowest BCUT2D eigenvalue weighted by Gasteiger charge is -2.26. The molecule has 3 rings (SSSR count). The first-order valence-electron chi connectivity index (χ1n) is 6.78. The molecule has 0 radical (unpaired) electrons. The van der Waals surface area contributed by atoms with Gasteiger partial charge in [-0.15, -0.1) is 0 Å². The first kappa shape index (κ1) is 13.4. The van der Waals surface area contributed by atoms with Crippen LogP contribution in [-0.2, 0) is 19.1 Å². The van der Waals surface area contributed by atoms with Crippen LogP contribution in [0.4, 0.5) is 13.2 Å². The van der Waals surface area contributed by atoms with Crippen molar-refractivity contribution in [1.82, 2.24) is 14.5 Å². The Hall–Kier alpha value is -1.59. The highest BCUT2D eigenvalue weighted by atomic mass is 19.4. The van der Waals surface area contributed by atoms with Crippen LogP contribution in [0.5, 0.6) is 0 Å². The number of rotatable bonds is 1. The Balaban J connectivity index is 2.04. The summed E-state index contributed by atoms with van der Waals surface area (Å²) in [5.41, 5.74) is 0.176. The van der Waals surface area contributed by atoms with E-state index in [4.69, 9.17) is 0 Å². The van der Waals surface area contributed by atoms with Crippen LogP contribution >= 0.6 is 0 Å². The van der Waals surface area contributed by atoms with E-state index in [1.165, 1.54) is 0 Å². The number of aromatic nitrogens is 3. The first-order chi connectivity index (χ1) is 9.36. The minimum absolute atomic E-state index is 0.347. The Kier molecular flexibility index (Phi) is 2.99.